The van der Waals surface area contributed by atoms with E-state index in [4.69, 9.17) is 0 Å². The summed E-state index contributed by atoms with van der Waals surface area (Å²) in [5.74, 6) is 1.00. The van der Waals surface area contributed by atoms with Gasteiger partial charge in [-0.05, 0) is 50.4 Å². The lowest BCUT2D eigenvalue weighted by molar-refractivity contribution is -0.00125. The molecule has 1 N–H and O–H groups in total. The van der Waals surface area contributed by atoms with Gasteiger partial charge >= 0.3 is 0 Å². The van der Waals surface area contributed by atoms with Crippen LogP contribution in [0.1, 0.15) is 52.9 Å². The fraction of sp³-hybridized carbons (Fsp3) is 1.00. The minimum atomic E-state index is 0.755. The third-order valence-corrected chi connectivity index (χ3v) is 3.99. The van der Waals surface area contributed by atoms with Gasteiger partial charge in [0, 0.05) is 12.1 Å². The molecule has 2 fully saturated rings. The maximum Gasteiger partial charge on any atom is 0.00722 e. The van der Waals surface area contributed by atoms with Gasteiger partial charge in [0.05, 0.1) is 0 Å². The molecular formula is C12H23N. The zero-order chi connectivity index (χ0) is 9.47. The van der Waals surface area contributed by atoms with E-state index >= 15 is 0 Å². The summed E-state index contributed by atoms with van der Waals surface area (Å²) in [5.41, 5.74) is 0.755. The maximum atomic E-state index is 3.70. The van der Waals surface area contributed by atoms with Crippen LogP contribution < -0.4 is 5.32 Å². The van der Waals surface area contributed by atoms with Crippen LogP contribution in [0.25, 0.3) is 0 Å². The first-order valence-corrected chi connectivity index (χ1v) is 5.89. The summed E-state index contributed by atoms with van der Waals surface area (Å²) in [4.78, 5) is 0. The molecular weight excluding hydrogens is 158 g/mol. The van der Waals surface area contributed by atoms with E-state index in [2.05, 4.69) is 26.1 Å². The Morgan fingerprint density at radius 3 is 2.38 bits per heavy atom. The second kappa shape index (κ2) is 3.27. The van der Waals surface area contributed by atoms with Gasteiger partial charge in [-0.2, -0.15) is 0 Å². The first kappa shape index (κ1) is 9.51. The largest absolute Gasteiger partial charge is 0.311 e. The van der Waals surface area contributed by atoms with Gasteiger partial charge in [-0.1, -0.05) is 13.8 Å². The highest BCUT2D eigenvalue weighted by Crippen LogP contribution is 2.53. The van der Waals surface area contributed by atoms with Crippen molar-refractivity contribution in [3.05, 3.63) is 0 Å². The van der Waals surface area contributed by atoms with Gasteiger partial charge in [0.1, 0.15) is 0 Å². The molecule has 0 aromatic heterocycles. The summed E-state index contributed by atoms with van der Waals surface area (Å²) in [5, 5.41) is 3.70. The van der Waals surface area contributed by atoms with Crippen LogP contribution in [0.15, 0.2) is 0 Å². The summed E-state index contributed by atoms with van der Waals surface area (Å²) < 4.78 is 0. The molecule has 1 saturated heterocycles. The van der Waals surface area contributed by atoms with E-state index in [1.54, 1.807) is 0 Å². The SMILES string of the molecule is CCC1CC2(CC(C)C2)CC(C)N1. The average Bonchev–Trinajstić information content (AvgIpc) is 2.00. The molecule has 1 heteroatoms. The minimum Gasteiger partial charge on any atom is -0.311 e. The van der Waals surface area contributed by atoms with Crippen molar-refractivity contribution >= 4 is 0 Å². The highest BCUT2D eigenvalue weighted by molar-refractivity contribution is 4.99. The van der Waals surface area contributed by atoms with Crippen LogP contribution in [0.2, 0.25) is 0 Å². The Balaban J connectivity index is 1.97. The Hall–Kier alpha value is -0.0400. The third-order valence-electron chi connectivity index (χ3n) is 3.99. The molecule has 0 amide bonds. The van der Waals surface area contributed by atoms with Gasteiger partial charge in [0.15, 0.2) is 0 Å². The van der Waals surface area contributed by atoms with Crippen LogP contribution in [0.5, 0.6) is 0 Å². The van der Waals surface area contributed by atoms with Crippen LogP contribution in [0, 0.1) is 11.3 Å². The van der Waals surface area contributed by atoms with Crippen LogP contribution >= 0.6 is 0 Å². The molecule has 2 unspecified atom stereocenters. The van der Waals surface area contributed by atoms with Gasteiger partial charge in [0.25, 0.3) is 0 Å². The Labute approximate surface area is 82.3 Å². The quantitative estimate of drug-likeness (QED) is 0.656. The second-order valence-corrected chi connectivity index (χ2v) is 5.59. The zero-order valence-corrected chi connectivity index (χ0v) is 9.27. The van der Waals surface area contributed by atoms with Gasteiger partial charge in [-0.25, -0.2) is 0 Å². The Bertz CT molecular complexity index is 182. The minimum absolute atomic E-state index is 0.755. The fourth-order valence-corrected chi connectivity index (χ4v) is 3.79. The molecule has 1 spiro atoms. The molecule has 0 radical (unpaired) electrons. The third kappa shape index (κ3) is 1.76. The van der Waals surface area contributed by atoms with Crippen LogP contribution in [-0.2, 0) is 0 Å². The van der Waals surface area contributed by atoms with Gasteiger partial charge in [-0.3, -0.25) is 0 Å². The predicted molar refractivity (Wildman–Crippen MR) is 56.7 cm³/mol. The second-order valence-electron chi connectivity index (χ2n) is 5.59. The lowest BCUT2D eigenvalue weighted by atomic mass is 9.56. The van der Waals surface area contributed by atoms with Crippen molar-refractivity contribution in [3.63, 3.8) is 0 Å². The van der Waals surface area contributed by atoms with E-state index in [0.29, 0.717) is 0 Å². The van der Waals surface area contributed by atoms with Crippen molar-refractivity contribution in [1.82, 2.24) is 5.32 Å². The van der Waals surface area contributed by atoms with Crippen LogP contribution in [-0.4, -0.2) is 12.1 Å². The van der Waals surface area contributed by atoms with E-state index in [1.807, 2.05) is 0 Å². The molecule has 2 aliphatic rings. The molecule has 1 heterocycles. The van der Waals surface area contributed by atoms with Crippen molar-refractivity contribution in [2.45, 2.75) is 65.0 Å². The maximum absolute atomic E-state index is 3.70. The van der Waals surface area contributed by atoms with E-state index in [-0.39, 0.29) is 0 Å². The Morgan fingerprint density at radius 1 is 1.15 bits per heavy atom. The summed E-state index contributed by atoms with van der Waals surface area (Å²) in [6.45, 7) is 7.07. The molecule has 2 rings (SSSR count). The Kier molecular flexibility index (Phi) is 2.39. The van der Waals surface area contributed by atoms with E-state index in [0.717, 1.165) is 23.4 Å². The topological polar surface area (TPSA) is 12.0 Å². The van der Waals surface area contributed by atoms with Crippen molar-refractivity contribution < 1.29 is 0 Å². The molecule has 1 saturated carbocycles. The number of hydrogen-bond acceptors (Lipinski definition) is 1. The smallest absolute Gasteiger partial charge is 0.00722 e. The van der Waals surface area contributed by atoms with Gasteiger partial charge in [0.2, 0.25) is 0 Å². The van der Waals surface area contributed by atoms with Gasteiger partial charge < -0.3 is 5.32 Å². The molecule has 1 nitrogen and oxygen atoms in total. The summed E-state index contributed by atoms with van der Waals surface area (Å²) >= 11 is 0. The van der Waals surface area contributed by atoms with Crippen LogP contribution in [0.4, 0.5) is 0 Å². The van der Waals surface area contributed by atoms with E-state index in [9.17, 15) is 0 Å². The average molecular weight is 181 g/mol. The molecule has 0 bridgehead atoms. The molecule has 1 aliphatic heterocycles. The van der Waals surface area contributed by atoms with Crippen molar-refractivity contribution in [2.75, 3.05) is 0 Å². The highest BCUT2D eigenvalue weighted by atomic mass is 15.0. The number of piperidine rings is 1. The number of hydrogen-bond donors (Lipinski definition) is 1. The normalized spacial score (nSPS) is 50.5. The van der Waals surface area contributed by atoms with Gasteiger partial charge in [-0.15, -0.1) is 0 Å². The standard InChI is InChI=1S/C12H23N/c1-4-11-8-12(5-9(2)6-12)7-10(3)13-11/h9-11,13H,4-8H2,1-3H3. The first-order chi connectivity index (χ1) is 6.13. The molecule has 0 aromatic rings. The van der Waals surface area contributed by atoms with E-state index < -0.39 is 0 Å². The fourth-order valence-electron chi connectivity index (χ4n) is 3.79. The molecule has 0 aromatic carbocycles. The number of rotatable bonds is 1. The summed E-state index contributed by atoms with van der Waals surface area (Å²) in [7, 11) is 0. The lowest BCUT2D eigenvalue weighted by Crippen LogP contribution is -2.53. The van der Waals surface area contributed by atoms with Crippen molar-refractivity contribution in [1.29, 1.82) is 0 Å². The first-order valence-electron chi connectivity index (χ1n) is 5.89. The monoisotopic (exact) mass is 181 g/mol. The molecule has 76 valence electrons. The van der Waals surface area contributed by atoms with Crippen molar-refractivity contribution in [3.8, 4) is 0 Å². The highest BCUT2D eigenvalue weighted by Gasteiger charge is 2.46. The summed E-state index contributed by atoms with van der Waals surface area (Å²) in [6.07, 6.45) is 7.16. The molecule has 13 heavy (non-hydrogen) atoms. The predicted octanol–water partition coefficient (Wildman–Crippen LogP) is 2.95. The molecule has 2 atom stereocenters. The van der Waals surface area contributed by atoms with E-state index in [1.165, 1.54) is 32.1 Å². The van der Waals surface area contributed by atoms with Crippen molar-refractivity contribution in [2.24, 2.45) is 11.3 Å². The zero-order valence-electron chi connectivity index (χ0n) is 9.27. The Morgan fingerprint density at radius 2 is 1.85 bits per heavy atom. The number of nitrogens with one attached hydrogen (secondary N) is 1. The molecule has 1 aliphatic carbocycles. The summed E-state index contributed by atoms with van der Waals surface area (Å²) in [6, 6.07) is 1.56. The van der Waals surface area contributed by atoms with Crippen LogP contribution in [0.3, 0.4) is 0 Å². The lowest BCUT2D eigenvalue weighted by Gasteiger charge is -2.53.